The largest absolute Gasteiger partial charge is 0.322 e. The van der Waals surface area contributed by atoms with Crippen LogP contribution in [0.2, 0.25) is 0 Å². The number of halogens is 3. The van der Waals surface area contributed by atoms with E-state index in [1.54, 1.807) is 13.0 Å². The first-order chi connectivity index (χ1) is 10.5. The lowest BCUT2D eigenvalue weighted by Crippen LogP contribution is -2.30. The number of carbonyl (C=O) groups excluding carboxylic acids is 1. The van der Waals surface area contributed by atoms with Crippen molar-refractivity contribution in [3.8, 4) is 0 Å². The Morgan fingerprint density at radius 3 is 2.50 bits per heavy atom. The standard InChI is InChI=1S/C16H15F3N2O/c1-10(12-7-6-11(17)8-14(12)19)20-9-16(22)21-15-5-3-2-4-13(15)18/h2-8,10,20H,9H2,1H3,(H,21,22)/t10-/m0/s1. The van der Waals surface area contributed by atoms with Crippen LogP contribution in [0.4, 0.5) is 18.9 Å². The summed E-state index contributed by atoms with van der Waals surface area (Å²) in [6.07, 6.45) is 0. The molecular weight excluding hydrogens is 293 g/mol. The molecule has 3 nitrogen and oxygen atoms in total. The number of para-hydroxylation sites is 1. The average Bonchev–Trinajstić information content (AvgIpc) is 2.47. The molecule has 0 saturated carbocycles. The number of benzene rings is 2. The van der Waals surface area contributed by atoms with Gasteiger partial charge in [0.15, 0.2) is 0 Å². The lowest BCUT2D eigenvalue weighted by Gasteiger charge is -2.15. The molecule has 0 aliphatic heterocycles. The fraction of sp³-hybridized carbons (Fsp3) is 0.188. The first kappa shape index (κ1) is 16.0. The van der Waals surface area contributed by atoms with Gasteiger partial charge in [-0.2, -0.15) is 0 Å². The van der Waals surface area contributed by atoms with Gasteiger partial charge < -0.3 is 10.6 Å². The Labute approximate surface area is 126 Å². The second-order valence-corrected chi connectivity index (χ2v) is 4.80. The lowest BCUT2D eigenvalue weighted by atomic mass is 10.1. The number of hydrogen-bond donors (Lipinski definition) is 2. The number of anilines is 1. The van der Waals surface area contributed by atoms with Crippen LogP contribution >= 0.6 is 0 Å². The van der Waals surface area contributed by atoms with Crippen LogP contribution in [0.25, 0.3) is 0 Å². The van der Waals surface area contributed by atoms with Gasteiger partial charge in [-0.1, -0.05) is 18.2 Å². The number of amides is 1. The van der Waals surface area contributed by atoms with Gasteiger partial charge in [-0.25, -0.2) is 13.2 Å². The Morgan fingerprint density at radius 2 is 1.82 bits per heavy atom. The van der Waals surface area contributed by atoms with E-state index in [1.807, 2.05) is 0 Å². The Kier molecular flexibility index (Phi) is 5.16. The van der Waals surface area contributed by atoms with E-state index in [0.717, 1.165) is 12.1 Å². The van der Waals surface area contributed by atoms with Crippen LogP contribution in [-0.4, -0.2) is 12.5 Å². The number of hydrogen-bond acceptors (Lipinski definition) is 2. The molecule has 0 unspecified atom stereocenters. The molecule has 1 amide bonds. The van der Waals surface area contributed by atoms with Crippen LogP contribution < -0.4 is 10.6 Å². The second-order valence-electron chi connectivity index (χ2n) is 4.80. The van der Waals surface area contributed by atoms with Gasteiger partial charge >= 0.3 is 0 Å². The zero-order valence-corrected chi connectivity index (χ0v) is 11.9. The molecule has 0 aromatic heterocycles. The minimum absolute atomic E-state index is 0.0786. The van der Waals surface area contributed by atoms with Crippen LogP contribution in [0.15, 0.2) is 42.5 Å². The molecule has 2 aromatic rings. The molecule has 1 atom stereocenters. The third-order valence-corrected chi connectivity index (χ3v) is 3.15. The summed E-state index contributed by atoms with van der Waals surface area (Å²) < 4.78 is 39.8. The average molecular weight is 308 g/mol. The van der Waals surface area contributed by atoms with Gasteiger partial charge in [-0.05, 0) is 25.1 Å². The first-order valence-corrected chi connectivity index (χ1v) is 6.70. The van der Waals surface area contributed by atoms with E-state index in [2.05, 4.69) is 10.6 Å². The summed E-state index contributed by atoms with van der Waals surface area (Å²) in [7, 11) is 0. The summed E-state index contributed by atoms with van der Waals surface area (Å²) in [4.78, 5) is 11.7. The SMILES string of the molecule is C[C@H](NCC(=O)Nc1ccccc1F)c1ccc(F)cc1F. The summed E-state index contributed by atoms with van der Waals surface area (Å²) in [6.45, 7) is 1.51. The molecule has 0 fully saturated rings. The fourth-order valence-electron chi connectivity index (χ4n) is 1.97. The van der Waals surface area contributed by atoms with Gasteiger partial charge in [-0.15, -0.1) is 0 Å². The van der Waals surface area contributed by atoms with Crippen LogP contribution in [0.3, 0.4) is 0 Å². The number of carbonyl (C=O) groups is 1. The highest BCUT2D eigenvalue weighted by molar-refractivity contribution is 5.92. The van der Waals surface area contributed by atoms with E-state index in [4.69, 9.17) is 0 Å². The topological polar surface area (TPSA) is 41.1 Å². The van der Waals surface area contributed by atoms with Crippen molar-refractivity contribution >= 4 is 11.6 Å². The zero-order valence-electron chi connectivity index (χ0n) is 11.9. The molecule has 22 heavy (non-hydrogen) atoms. The predicted octanol–water partition coefficient (Wildman–Crippen LogP) is 3.39. The Morgan fingerprint density at radius 1 is 1.09 bits per heavy atom. The van der Waals surface area contributed by atoms with Crippen molar-refractivity contribution in [1.82, 2.24) is 5.32 Å². The third-order valence-electron chi connectivity index (χ3n) is 3.15. The summed E-state index contributed by atoms with van der Waals surface area (Å²) in [5.41, 5.74) is 0.329. The van der Waals surface area contributed by atoms with Crippen molar-refractivity contribution < 1.29 is 18.0 Å². The molecule has 2 rings (SSSR count). The van der Waals surface area contributed by atoms with E-state index >= 15 is 0 Å². The van der Waals surface area contributed by atoms with Gasteiger partial charge in [0.1, 0.15) is 17.5 Å². The molecule has 2 aromatic carbocycles. The molecule has 0 bridgehead atoms. The maximum Gasteiger partial charge on any atom is 0.238 e. The predicted molar refractivity (Wildman–Crippen MR) is 77.8 cm³/mol. The molecule has 0 aliphatic carbocycles. The first-order valence-electron chi connectivity index (χ1n) is 6.70. The second kappa shape index (κ2) is 7.09. The normalized spacial score (nSPS) is 12.0. The maximum atomic E-state index is 13.6. The van der Waals surface area contributed by atoms with E-state index in [0.29, 0.717) is 0 Å². The fourth-order valence-corrected chi connectivity index (χ4v) is 1.97. The Balaban J connectivity index is 1.92. The molecule has 0 spiro atoms. The highest BCUT2D eigenvalue weighted by atomic mass is 19.1. The zero-order chi connectivity index (χ0) is 16.1. The van der Waals surface area contributed by atoms with Crippen LogP contribution in [0, 0.1) is 17.5 Å². The van der Waals surface area contributed by atoms with Gasteiger partial charge in [-0.3, -0.25) is 4.79 Å². The monoisotopic (exact) mass is 308 g/mol. The maximum absolute atomic E-state index is 13.6. The molecule has 2 N–H and O–H groups in total. The number of nitrogens with one attached hydrogen (secondary N) is 2. The quantitative estimate of drug-likeness (QED) is 0.889. The molecular formula is C16H15F3N2O. The molecule has 116 valence electrons. The highest BCUT2D eigenvalue weighted by Gasteiger charge is 2.13. The summed E-state index contributed by atoms with van der Waals surface area (Å²) >= 11 is 0. The van der Waals surface area contributed by atoms with Crippen LogP contribution in [-0.2, 0) is 4.79 Å². The van der Waals surface area contributed by atoms with Gasteiger partial charge in [0.2, 0.25) is 5.91 Å². The molecule has 0 radical (unpaired) electrons. The van der Waals surface area contributed by atoms with E-state index < -0.39 is 29.4 Å². The number of rotatable bonds is 5. The van der Waals surface area contributed by atoms with Crippen LogP contribution in [0.5, 0.6) is 0 Å². The third kappa shape index (κ3) is 4.08. The minimum atomic E-state index is -0.686. The van der Waals surface area contributed by atoms with Crippen molar-refractivity contribution in [1.29, 1.82) is 0 Å². The van der Waals surface area contributed by atoms with E-state index in [9.17, 15) is 18.0 Å². The van der Waals surface area contributed by atoms with Crippen LogP contribution in [0.1, 0.15) is 18.5 Å². The summed E-state index contributed by atoms with van der Waals surface area (Å²) in [5, 5.41) is 5.21. The van der Waals surface area contributed by atoms with Crippen molar-refractivity contribution in [2.75, 3.05) is 11.9 Å². The molecule has 0 heterocycles. The molecule has 0 aliphatic rings. The molecule has 0 saturated heterocycles. The van der Waals surface area contributed by atoms with Gasteiger partial charge in [0.25, 0.3) is 0 Å². The van der Waals surface area contributed by atoms with Crippen molar-refractivity contribution in [2.24, 2.45) is 0 Å². The minimum Gasteiger partial charge on any atom is -0.322 e. The smallest absolute Gasteiger partial charge is 0.238 e. The summed E-state index contributed by atoms with van der Waals surface area (Å²) in [5.74, 6) is -2.34. The Hall–Kier alpha value is -2.34. The van der Waals surface area contributed by atoms with Crippen molar-refractivity contribution in [2.45, 2.75) is 13.0 Å². The lowest BCUT2D eigenvalue weighted by molar-refractivity contribution is -0.115. The summed E-state index contributed by atoms with van der Waals surface area (Å²) in [6, 6.07) is 8.55. The van der Waals surface area contributed by atoms with Gasteiger partial charge in [0.05, 0.1) is 12.2 Å². The van der Waals surface area contributed by atoms with Gasteiger partial charge in [0, 0.05) is 17.7 Å². The van der Waals surface area contributed by atoms with Crippen molar-refractivity contribution in [3.05, 3.63) is 65.5 Å². The van der Waals surface area contributed by atoms with E-state index in [-0.39, 0.29) is 17.8 Å². The highest BCUT2D eigenvalue weighted by Crippen LogP contribution is 2.17. The van der Waals surface area contributed by atoms with E-state index in [1.165, 1.54) is 24.3 Å². The Bertz CT molecular complexity index is 676. The van der Waals surface area contributed by atoms with Crippen molar-refractivity contribution in [3.63, 3.8) is 0 Å². The molecule has 6 heteroatoms.